The van der Waals surface area contributed by atoms with E-state index in [1.807, 2.05) is 6.08 Å². The zero-order valence-electron chi connectivity index (χ0n) is 15.3. The number of hydrogen-bond acceptors (Lipinski definition) is 3. The van der Waals surface area contributed by atoms with Crippen molar-refractivity contribution in [1.29, 1.82) is 0 Å². The minimum atomic E-state index is -0.619. The third-order valence-electron chi connectivity index (χ3n) is 5.06. The second-order valence-electron chi connectivity index (χ2n) is 6.83. The fourth-order valence-corrected chi connectivity index (χ4v) is 3.72. The van der Waals surface area contributed by atoms with Gasteiger partial charge in [-0.05, 0) is 49.9 Å². The van der Waals surface area contributed by atoms with Gasteiger partial charge in [0.05, 0.1) is 6.61 Å². The Labute approximate surface area is 156 Å². The Balaban J connectivity index is 1.61. The van der Waals surface area contributed by atoms with E-state index in [2.05, 4.69) is 6.08 Å². The molecule has 142 valence electrons. The lowest BCUT2D eigenvalue weighted by Crippen LogP contribution is -1.97. The van der Waals surface area contributed by atoms with Crippen LogP contribution in [0.2, 0.25) is 0 Å². The van der Waals surface area contributed by atoms with E-state index < -0.39 is 11.6 Å². The highest BCUT2D eigenvalue weighted by Crippen LogP contribution is 2.37. The molecule has 2 aromatic carbocycles. The SMILES string of the molecule is CCOc1ccc2c(oc3c(F)c(OC/C=C/C4CCCC4)ccc32)c1F. The van der Waals surface area contributed by atoms with Gasteiger partial charge in [-0.25, -0.2) is 0 Å². The highest BCUT2D eigenvalue weighted by Gasteiger charge is 2.20. The van der Waals surface area contributed by atoms with Crippen molar-refractivity contribution in [2.45, 2.75) is 32.6 Å². The first-order chi connectivity index (χ1) is 13.2. The second kappa shape index (κ2) is 7.59. The van der Waals surface area contributed by atoms with Crippen LogP contribution in [0.25, 0.3) is 21.9 Å². The number of hydrogen-bond donors (Lipinski definition) is 0. The molecular formula is C22H22F2O3. The van der Waals surface area contributed by atoms with Crippen molar-refractivity contribution in [3.63, 3.8) is 0 Å². The molecule has 0 atom stereocenters. The number of fused-ring (bicyclic) bond motifs is 3. The minimum absolute atomic E-state index is 0.00480. The summed E-state index contributed by atoms with van der Waals surface area (Å²) >= 11 is 0. The summed E-state index contributed by atoms with van der Waals surface area (Å²) < 4.78 is 45.7. The predicted octanol–water partition coefficient (Wildman–Crippen LogP) is 6.39. The van der Waals surface area contributed by atoms with Crippen molar-refractivity contribution in [3.8, 4) is 11.5 Å². The molecule has 1 aliphatic rings. The summed E-state index contributed by atoms with van der Waals surface area (Å²) in [6.07, 6.45) is 9.06. The molecular weight excluding hydrogens is 350 g/mol. The lowest BCUT2D eigenvalue weighted by Gasteiger charge is -2.05. The lowest BCUT2D eigenvalue weighted by molar-refractivity contribution is 0.321. The molecule has 0 N–H and O–H groups in total. The number of ether oxygens (including phenoxy) is 2. The second-order valence-corrected chi connectivity index (χ2v) is 6.83. The predicted molar refractivity (Wildman–Crippen MR) is 101 cm³/mol. The smallest absolute Gasteiger partial charge is 0.208 e. The Hall–Kier alpha value is -2.56. The van der Waals surface area contributed by atoms with Crippen LogP contribution in [0.4, 0.5) is 8.78 Å². The van der Waals surface area contributed by atoms with E-state index in [9.17, 15) is 8.78 Å². The van der Waals surface area contributed by atoms with Gasteiger partial charge < -0.3 is 13.9 Å². The van der Waals surface area contributed by atoms with Gasteiger partial charge >= 0.3 is 0 Å². The molecule has 3 nitrogen and oxygen atoms in total. The molecule has 1 aliphatic carbocycles. The van der Waals surface area contributed by atoms with E-state index in [0.717, 1.165) is 0 Å². The van der Waals surface area contributed by atoms with Gasteiger partial charge in [0.1, 0.15) is 6.61 Å². The Morgan fingerprint density at radius 2 is 1.56 bits per heavy atom. The van der Waals surface area contributed by atoms with Crippen LogP contribution in [0.5, 0.6) is 11.5 Å². The van der Waals surface area contributed by atoms with Crippen LogP contribution in [0.3, 0.4) is 0 Å². The van der Waals surface area contributed by atoms with Crippen LogP contribution in [0, 0.1) is 17.6 Å². The van der Waals surface area contributed by atoms with Crippen molar-refractivity contribution in [2.75, 3.05) is 13.2 Å². The number of halogens is 2. The molecule has 1 saturated carbocycles. The maximum absolute atomic E-state index is 14.8. The van der Waals surface area contributed by atoms with Gasteiger partial charge in [0.15, 0.2) is 22.7 Å². The first-order valence-corrected chi connectivity index (χ1v) is 9.44. The summed E-state index contributed by atoms with van der Waals surface area (Å²) in [5.74, 6) is -0.429. The third kappa shape index (κ3) is 3.38. The number of furan rings is 1. The summed E-state index contributed by atoms with van der Waals surface area (Å²) in [5.41, 5.74) is -0.0112. The maximum atomic E-state index is 14.8. The molecule has 1 heterocycles. The quantitative estimate of drug-likeness (QED) is 0.470. The van der Waals surface area contributed by atoms with Crippen LogP contribution >= 0.6 is 0 Å². The fourth-order valence-electron chi connectivity index (χ4n) is 3.72. The highest BCUT2D eigenvalue weighted by molar-refractivity contribution is 6.06. The summed E-state index contributed by atoms with van der Waals surface area (Å²) in [6.45, 7) is 2.40. The average Bonchev–Trinajstić information content (AvgIpc) is 3.31. The van der Waals surface area contributed by atoms with E-state index in [1.165, 1.54) is 31.7 Å². The average molecular weight is 372 g/mol. The standard InChI is InChI=1S/C22H22F2O3/c1-2-25-17-11-9-15-16-10-12-18(20(24)22(16)27-21(15)19(17)23)26-13-5-8-14-6-3-4-7-14/h5,8-12,14H,2-4,6-7,13H2,1H3/b8-5+. The molecule has 5 heteroatoms. The summed E-state index contributed by atoms with van der Waals surface area (Å²) in [4.78, 5) is 0. The molecule has 0 saturated heterocycles. The van der Waals surface area contributed by atoms with Crippen molar-refractivity contribution in [2.24, 2.45) is 5.92 Å². The van der Waals surface area contributed by atoms with E-state index in [1.54, 1.807) is 25.1 Å². The highest BCUT2D eigenvalue weighted by atomic mass is 19.1. The number of benzene rings is 2. The summed E-state index contributed by atoms with van der Waals surface area (Å²) in [6, 6.07) is 6.47. The Bertz CT molecular complexity index is 984. The van der Waals surface area contributed by atoms with Crippen LogP contribution in [0.1, 0.15) is 32.6 Å². The van der Waals surface area contributed by atoms with E-state index >= 15 is 0 Å². The molecule has 0 spiro atoms. The van der Waals surface area contributed by atoms with Crippen molar-refractivity contribution in [3.05, 3.63) is 48.1 Å². The number of allylic oxidation sites excluding steroid dienone is 1. The van der Waals surface area contributed by atoms with Crippen LogP contribution < -0.4 is 9.47 Å². The zero-order valence-corrected chi connectivity index (χ0v) is 15.3. The monoisotopic (exact) mass is 372 g/mol. The van der Waals surface area contributed by atoms with Gasteiger partial charge in [-0.15, -0.1) is 0 Å². The Morgan fingerprint density at radius 3 is 2.15 bits per heavy atom. The first kappa shape index (κ1) is 17.8. The first-order valence-electron chi connectivity index (χ1n) is 9.44. The van der Waals surface area contributed by atoms with E-state index in [-0.39, 0.29) is 22.7 Å². The lowest BCUT2D eigenvalue weighted by atomic mass is 10.1. The molecule has 0 aliphatic heterocycles. The maximum Gasteiger partial charge on any atom is 0.208 e. The summed E-state index contributed by atoms with van der Waals surface area (Å²) in [7, 11) is 0. The fraction of sp³-hybridized carbons (Fsp3) is 0.364. The molecule has 1 aromatic heterocycles. The van der Waals surface area contributed by atoms with Crippen molar-refractivity contribution < 1.29 is 22.7 Å². The van der Waals surface area contributed by atoms with E-state index in [0.29, 0.717) is 29.9 Å². The molecule has 0 amide bonds. The molecule has 0 unspecified atom stereocenters. The van der Waals surface area contributed by atoms with Gasteiger partial charge in [0, 0.05) is 10.8 Å². The summed E-state index contributed by atoms with van der Waals surface area (Å²) in [5, 5.41) is 1.02. The zero-order chi connectivity index (χ0) is 18.8. The normalized spacial score (nSPS) is 15.4. The van der Waals surface area contributed by atoms with E-state index in [4.69, 9.17) is 13.9 Å². The topological polar surface area (TPSA) is 31.6 Å². The molecule has 4 rings (SSSR count). The van der Waals surface area contributed by atoms with Crippen LogP contribution in [-0.2, 0) is 0 Å². The minimum Gasteiger partial charge on any atom is -0.491 e. The van der Waals surface area contributed by atoms with Crippen LogP contribution in [-0.4, -0.2) is 13.2 Å². The van der Waals surface area contributed by atoms with Gasteiger partial charge in [0.2, 0.25) is 11.6 Å². The van der Waals surface area contributed by atoms with Crippen LogP contribution in [0.15, 0.2) is 40.8 Å². The van der Waals surface area contributed by atoms with Gasteiger partial charge in [-0.1, -0.05) is 25.0 Å². The largest absolute Gasteiger partial charge is 0.491 e. The Morgan fingerprint density at radius 1 is 0.963 bits per heavy atom. The molecule has 3 aromatic rings. The molecule has 1 fully saturated rings. The third-order valence-corrected chi connectivity index (χ3v) is 5.06. The molecule has 0 radical (unpaired) electrons. The number of rotatable bonds is 6. The molecule has 0 bridgehead atoms. The van der Waals surface area contributed by atoms with Crippen molar-refractivity contribution in [1.82, 2.24) is 0 Å². The Kier molecular flexibility index (Phi) is 5.01. The van der Waals surface area contributed by atoms with Gasteiger partial charge in [0.25, 0.3) is 0 Å². The van der Waals surface area contributed by atoms with Gasteiger partial charge in [-0.2, -0.15) is 8.78 Å². The molecule has 27 heavy (non-hydrogen) atoms. The van der Waals surface area contributed by atoms with Gasteiger partial charge in [-0.3, -0.25) is 0 Å². The van der Waals surface area contributed by atoms with Crippen molar-refractivity contribution >= 4 is 21.9 Å².